The fourth-order valence-corrected chi connectivity index (χ4v) is 5.42. The third-order valence-electron chi connectivity index (χ3n) is 7.90. The minimum absolute atomic E-state index is 0.00655. The number of unbranched alkanes of at least 4 members (excludes halogenated alkanes) is 2. The van der Waals surface area contributed by atoms with Gasteiger partial charge in [0.15, 0.2) is 6.10 Å². The van der Waals surface area contributed by atoms with Crippen molar-refractivity contribution >= 4 is 19.8 Å². The first-order chi connectivity index (χ1) is 27.4. The molecule has 0 aliphatic rings. The van der Waals surface area contributed by atoms with Crippen LogP contribution < -0.4 is 0 Å². The molecule has 0 aromatic rings. The molecule has 0 fully saturated rings. The average Bonchev–Trinajstić information content (AvgIpc) is 3.15. The lowest BCUT2D eigenvalue weighted by Gasteiger charge is -2.24. The Kier molecular flexibility index (Phi) is 34.8. The Labute approximate surface area is 345 Å². The molecular weight excluding hydrogens is 741 g/mol. The zero-order valence-corrected chi connectivity index (χ0v) is 36.5. The highest BCUT2D eigenvalue weighted by molar-refractivity contribution is 7.47. The highest BCUT2D eigenvalue weighted by Crippen LogP contribution is 2.43. The van der Waals surface area contributed by atoms with Crippen LogP contribution in [0.5, 0.6) is 0 Å². The number of carbonyl (C=O) groups excluding carboxylic acids is 2. The number of esters is 2. The summed E-state index contributed by atoms with van der Waals surface area (Å²) in [5.74, 6) is -1.07. The van der Waals surface area contributed by atoms with E-state index in [-0.39, 0.29) is 26.1 Å². The summed E-state index contributed by atoms with van der Waals surface area (Å²) in [5, 5.41) is 10.3. The Bertz CT molecular complexity index is 1350. The van der Waals surface area contributed by atoms with Gasteiger partial charge in [0.25, 0.3) is 0 Å². The molecule has 0 aliphatic heterocycles. The molecule has 0 saturated heterocycles. The maximum atomic E-state index is 12.7. The highest BCUT2D eigenvalue weighted by atomic mass is 31.2. The molecule has 2 unspecified atom stereocenters. The van der Waals surface area contributed by atoms with E-state index >= 15 is 0 Å². The molecule has 0 rings (SSSR count). The van der Waals surface area contributed by atoms with Crippen molar-refractivity contribution < 1.29 is 47.2 Å². The van der Waals surface area contributed by atoms with Crippen molar-refractivity contribution in [3.05, 3.63) is 109 Å². The molecule has 0 spiro atoms. The van der Waals surface area contributed by atoms with E-state index in [0.29, 0.717) is 30.3 Å². The Morgan fingerprint density at radius 3 is 1.68 bits per heavy atom. The van der Waals surface area contributed by atoms with Crippen molar-refractivity contribution in [1.82, 2.24) is 0 Å². The fourth-order valence-electron chi connectivity index (χ4n) is 4.68. The summed E-state index contributed by atoms with van der Waals surface area (Å²) in [4.78, 5) is 35.3. The summed E-state index contributed by atoms with van der Waals surface area (Å²) in [6.07, 6.45) is 46.1. The lowest BCUT2D eigenvalue weighted by molar-refractivity contribution is -0.870. The van der Waals surface area contributed by atoms with E-state index in [1.165, 1.54) is 0 Å². The van der Waals surface area contributed by atoms with Crippen molar-refractivity contribution in [2.24, 2.45) is 0 Å². The zero-order valence-electron chi connectivity index (χ0n) is 35.6. The number of quaternary nitrogens is 1. The second-order valence-corrected chi connectivity index (χ2v) is 15.9. The van der Waals surface area contributed by atoms with Gasteiger partial charge in [-0.25, -0.2) is 4.57 Å². The lowest BCUT2D eigenvalue weighted by Crippen LogP contribution is -2.37. The first kappa shape index (κ1) is 53.6. The fraction of sp³-hybridized carbons (Fsp3) is 0.565. The van der Waals surface area contributed by atoms with E-state index in [1.54, 1.807) is 12.2 Å². The Hall–Kier alpha value is -3.37. The number of hydrogen-bond donors (Lipinski definition) is 2. The summed E-state index contributed by atoms with van der Waals surface area (Å²) < 4.78 is 34.0. The van der Waals surface area contributed by atoms with Crippen molar-refractivity contribution in [3.8, 4) is 0 Å². The standard InChI is InChI=1S/C46H74NO9P/c1-6-8-10-12-14-16-18-20-21-23-25-27-29-31-33-37-45(49)53-41-44(42-55-57(51,52)54-40-39-47(3,4)5)56-46(50)38-34-36-43(48)35-32-30-28-26-24-22-19-17-15-13-11-9-7-2/h8-11,14-17,20-22,24-25,27-28,30,32,35,43-44,48H,6-7,12-13,18-19,23,26,29,31,33-34,36-42H2,1-5H3/p+1/b10-8-,11-9-,16-14-,17-15-,21-20-,24-22-,27-25-,30-28-,35-32+/t43?,44-/m1/s1. The van der Waals surface area contributed by atoms with Crippen LogP contribution in [0.1, 0.15) is 110 Å². The number of nitrogens with zero attached hydrogens (tertiary/aromatic N) is 1. The van der Waals surface area contributed by atoms with Crippen LogP contribution in [-0.2, 0) is 32.7 Å². The Balaban J connectivity index is 4.70. The molecule has 0 radical (unpaired) electrons. The summed E-state index contributed by atoms with van der Waals surface area (Å²) in [6.45, 7) is 3.87. The molecule has 3 atom stereocenters. The van der Waals surface area contributed by atoms with Crippen LogP contribution in [0.2, 0.25) is 0 Å². The van der Waals surface area contributed by atoms with Gasteiger partial charge in [-0.3, -0.25) is 18.6 Å². The van der Waals surface area contributed by atoms with Gasteiger partial charge in [0.2, 0.25) is 0 Å². The quantitative estimate of drug-likeness (QED) is 0.0160. The van der Waals surface area contributed by atoms with E-state index in [2.05, 4.69) is 98.9 Å². The number of aliphatic hydroxyl groups is 1. The molecule has 2 N–H and O–H groups in total. The molecule has 0 aliphatic carbocycles. The van der Waals surface area contributed by atoms with Crippen LogP contribution in [0.4, 0.5) is 0 Å². The lowest BCUT2D eigenvalue weighted by atomic mass is 10.1. The topological polar surface area (TPSA) is 129 Å². The summed E-state index contributed by atoms with van der Waals surface area (Å²) in [7, 11) is 1.31. The Morgan fingerprint density at radius 2 is 1.14 bits per heavy atom. The molecule has 0 aromatic heterocycles. The third-order valence-corrected chi connectivity index (χ3v) is 8.89. The number of ether oxygens (including phenoxy) is 2. The summed E-state index contributed by atoms with van der Waals surface area (Å²) >= 11 is 0. The van der Waals surface area contributed by atoms with E-state index in [9.17, 15) is 24.2 Å². The molecular formula is C46H75NO9P+. The minimum Gasteiger partial charge on any atom is -0.462 e. The van der Waals surface area contributed by atoms with E-state index in [4.69, 9.17) is 18.5 Å². The van der Waals surface area contributed by atoms with Gasteiger partial charge < -0.3 is 24.0 Å². The maximum absolute atomic E-state index is 12.7. The van der Waals surface area contributed by atoms with Crippen LogP contribution >= 0.6 is 7.82 Å². The molecule has 322 valence electrons. The van der Waals surface area contributed by atoms with Crippen LogP contribution in [-0.4, -0.2) is 86.1 Å². The SMILES string of the molecule is CC/C=C\C/C=C\C/C=C\C/C=C\C=C\C(O)CCCC(=O)O[C@H](COC(=O)CCCC/C=C\C/C=C\C/C=C\C/C=C\CC)COP(=O)(O)OCC[N+](C)(C)C. The molecule has 11 heteroatoms. The molecule has 0 heterocycles. The predicted molar refractivity (Wildman–Crippen MR) is 234 cm³/mol. The monoisotopic (exact) mass is 817 g/mol. The van der Waals surface area contributed by atoms with Gasteiger partial charge in [-0.1, -0.05) is 123 Å². The molecule has 0 bridgehead atoms. The second kappa shape index (κ2) is 36.9. The first-order valence-corrected chi connectivity index (χ1v) is 22.2. The Morgan fingerprint density at radius 1 is 0.632 bits per heavy atom. The van der Waals surface area contributed by atoms with Gasteiger partial charge in [-0.15, -0.1) is 0 Å². The minimum atomic E-state index is -4.45. The van der Waals surface area contributed by atoms with Gasteiger partial charge in [0, 0.05) is 12.8 Å². The van der Waals surface area contributed by atoms with Crippen LogP contribution in [0.15, 0.2) is 109 Å². The smallest absolute Gasteiger partial charge is 0.462 e. The number of allylic oxidation sites excluding steroid dienone is 17. The average molecular weight is 817 g/mol. The second-order valence-electron chi connectivity index (χ2n) is 14.5. The number of phosphoric acid groups is 1. The van der Waals surface area contributed by atoms with Crippen molar-refractivity contribution in [1.29, 1.82) is 0 Å². The van der Waals surface area contributed by atoms with Crippen molar-refractivity contribution in [2.75, 3.05) is 47.5 Å². The largest absolute Gasteiger partial charge is 0.472 e. The number of phosphoric ester groups is 1. The molecule has 0 aromatic carbocycles. The van der Waals surface area contributed by atoms with Crippen LogP contribution in [0, 0.1) is 0 Å². The molecule has 10 nitrogen and oxygen atoms in total. The van der Waals surface area contributed by atoms with Crippen LogP contribution in [0.25, 0.3) is 0 Å². The van der Waals surface area contributed by atoms with Gasteiger partial charge in [0.1, 0.15) is 19.8 Å². The van der Waals surface area contributed by atoms with Gasteiger partial charge in [-0.05, 0) is 83.5 Å². The number of hydrogen-bond acceptors (Lipinski definition) is 8. The number of carbonyl (C=O) groups is 2. The molecule has 57 heavy (non-hydrogen) atoms. The predicted octanol–water partition coefficient (Wildman–Crippen LogP) is 10.5. The molecule has 0 saturated carbocycles. The van der Waals surface area contributed by atoms with Crippen molar-refractivity contribution in [3.63, 3.8) is 0 Å². The summed E-state index contributed by atoms with van der Waals surface area (Å²) in [5.41, 5.74) is 0. The van der Waals surface area contributed by atoms with Gasteiger partial charge in [0.05, 0.1) is 33.9 Å². The normalized spacial score (nSPS) is 15.3. The zero-order chi connectivity index (χ0) is 42.3. The van der Waals surface area contributed by atoms with E-state index in [1.807, 2.05) is 33.3 Å². The maximum Gasteiger partial charge on any atom is 0.472 e. The van der Waals surface area contributed by atoms with Gasteiger partial charge in [-0.2, -0.15) is 0 Å². The molecule has 0 amide bonds. The van der Waals surface area contributed by atoms with E-state index < -0.39 is 38.6 Å². The summed E-state index contributed by atoms with van der Waals surface area (Å²) in [6, 6.07) is 0. The highest BCUT2D eigenvalue weighted by Gasteiger charge is 2.27. The van der Waals surface area contributed by atoms with Crippen LogP contribution in [0.3, 0.4) is 0 Å². The first-order valence-electron chi connectivity index (χ1n) is 20.7. The number of likely N-dealkylation sites (N-methyl/N-ethyl adjacent to an activating group) is 1. The third kappa shape index (κ3) is 40.6. The van der Waals surface area contributed by atoms with E-state index in [0.717, 1.165) is 64.2 Å². The van der Waals surface area contributed by atoms with Gasteiger partial charge >= 0.3 is 19.8 Å². The van der Waals surface area contributed by atoms with Crippen molar-refractivity contribution in [2.45, 2.75) is 122 Å². The number of rotatable bonds is 35. The number of aliphatic hydroxyl groups excluding tert-OH is 1.